The van der Waals surface area contributed by atoms with E-state index in [0.717, 1.165) is 17.1 Å². The number of benzene rings is 2. The summed E-state index contributed by atoms with van der Waals surface area (Å²) in [5.41, 5.74) is 8.39. The molecular weight excluding hydrogens is 260 g/mol. The van der Waals surface area contributed by atoms with Crippen LogP contribution in [0, 0.1) is 0 Å². The molecule has 0 spiro atoms. The molecule has 2 aromatic carbocycles. The van der Waals surface area contributed by atoms with Gasteiger partial charge in [0.1, 0.15) is 5.75 Å². The molecule has 0 bridgehead atoms. The van der Waals surface area contributed by atoms with Crippen LogP contribution >= 0.6 is 11.6 Å². The second-order valence-corrected chi connectivity index (χ2v) is 5.12. The Morgan fingerprint density at radius 2 is 1.79 bits per heavy atom. The first-order chi connectivity index (χ1) is 9.04. The summed E-state index contributed by atoms with van der Waals surface area (Å²) in [5, 5.41) is 10.5. The predicted octanol–water partition coefficient (Wildman–Crippen LogP) is 3.26. The van der Waals surface area contributed by atoms with Crippen LogP contribution in [0.5, 0.6) is 5.75 Å². The fourth-order valence-corrected chi connectivity index (χ4v) is 2.11. The summed E-state index contributed by atoms with van der Waals surface area (Å²) in [6.45, 7) is 1.42. The van der Waals surface area contributed by atoms with Gasteiger partial charge in [0, 0.05) is 29.4 Å². The van der Waals surface area contributed by atoms with Gasteiger partial charge >= 0.3 is 0 Å². The third kappa shape index (κ3) is 3.88. The van der Waals surface area contributed by atoms with Crippen molar-refractivity contribution < 1.29 is 5.11 Å². The molecule has 0 heterocycles. The Labute approximate surface area is 118 Å². The van der Waals surface area contributed by atoms with Crippen LogP contribution in [0.2, 0.25) is 5.02 Å². The number of halogens is 1. The van der Waals surface area contributed by atoms with Gasteiger partial charge in [-0.15, -0.1) is 0 Å². The van der Waals surface area contributed by atoms with Crippen LogP contribution in [0.3, 0.4) is 0 Å². The smallest absolute Gasteiger partial charge is 0.120 e. The van der Waals surface area contributed by atoms with Crippen LogP contribution in [-0.4, -0.2) is 17.1 Å². The van der Waals surface area contributed by atoms with E-state index in [2.05, 4.69) is 4.90 Å². The summed E-state index contributed by atoms with van der Waals surface area (Å²) in [6.07, 6.45) is 0. The molecule has 0 amide bonds. The van der Waals surface area contributed by atoms with Crippen LogP contribution in [0.15, 0.2) is 42.5 Å². The SMILES string of the molecule is CN(Cc1ccc(Cl)cc1)Cc1cc(N)ccc1O. The number of nitrogens with two attached hydrogens (primary N) is 1. The van der Waals surface area contributed by atoms with Crippen LogP contribution in [0.4, 0.5) is 5.69 Å². The number of nitrogens with zero attached hydrogens (tertiary/aromatic N) is 1. The summed E-state index contributed by atoms with van der Waals surface area (Å²) >= 11 is 5.86. The molecule has 0 atom stereocenters. The number of phenols is 1. The van der Waals surface area contributed by atoms with Crippen molar-refractivity contribution in [2.24, 2.45) is 0 Å². The second-order valence-electron chi connectivity index (χ2n) is 4.69. The Hall–Kier alpha value is -1.71. The Morgan fingerprint density at radius 3 is 2.47 bits per heavy atom. The Kier molecular flexibility index (Phi) is 4.30. The molecule has 3 nitrogen and oxygen atoms in total. The van der Waals surface area contributed by atoms with Crippen molar-refractivity contribution in [1.29, 1.82) is 0 Å². The average molecular weight is 277 g/mol. The Bertz CT molecular complexity index is 555. The van der Waals surface area contributed by atoms with Gasteiger partial charge < -0.3 is 10.8 Å². The third-order valence-electron chi connectivity index (χ3n) is 2.91. The molecule has 0 aliphatic carbocycles. The van der Waals surface area contributed by atoms with Crippen LogP contribution < -0.4 is 5.73 Å². The number of hydrogen-bond donors (Lipinski definition) is 2. The quantitative estimate of drug-likeness (QED) is 0.666. The predicted molar refractivity (Wildman–Crippen MR) is 79.1 cm³/mol. The van der Waals surface area contributed by atoms with Crippen molar-refractivity contribution in [1.82, 2.24) is 4.90 Å². The number of nitrogen functional groups attached to an aromatic ring is 1. The van der Waals surface area contributed by atoms with Crippen molar-refractivity contribution in [3.05, 3.63) is 58.6 Å². The first kappa shape index (κ1) is 13.7. The van der Waals surface area contributed by atoms with Gasteiger partial charge in [-0.1, -0.05) is 23.7 Å². The van der Waals surface area contributed by atoms with Gasteiger partial charge in [-0.05, 0) is 42.9 Å². The zero-order valence-electron chi connectivity index (χ0n) is 10.8. The lowest BCUT2D eigenvalue weighted by molar-refractivity contribution is 0.312. The first-order valence-corrected chi connectivity index (χ1v) is 6.43. The van der Waals surface area contributed by atoms with Crippen LogP contribution in [-0.2, 0) is 13.1 Å². The molecule has 4 heteroatoms. The molecule has 100 valence electrons. The summed E-state index contributed by atoms with van der Waals surface area (Å²) in [4.78, 5) is 2.11. The van der Waals surface area contributed by atoms with E-state index in [4.69, 9.17) is 17.3 Å². The standard InChI is InChI=1S/C15H17ClN2O/c1-18(9-11-2-4-13(16)5-3-11)10-12-8-14(17)6-7-15(12)19/h2-8,19H,9-10,17H2,1H3. The van der Waals surface area contributed by atoms with E-state index in [-0.39, 0.29) is 5.75 Å². The van der Waals surface area contributed by atoms with E-state index < -0.39 is 0 Å². The molecule has 0 aliphatic heterocycles. The van der Waals surface area contributed by atoms with E-state index in [0.29, 0.717) is 12.2 Å². The van der Waals surface area contributed by atoms with Gasteiger partial charge in [0.15, 0.2) is 0 Å². The largest absolute Gasteiger partial charge is 0.508 e. The molecule has 0 saturated carbocycles. The monoisotopic (exact) mass is 276 g/mol. The van der Waals surface area contributed by atoms with Crippen LogP contribution in [0.25, 0.3) is 0 Å². The maximum Gasteiger partial charge on any atom is 0.120 e. The molecule has 19 heavy (non-hydrogen) atoms. The van der Waals surface area contributed by atoms with Gasteiger partial charge in [0.2, 0.25) is 0 Å². The molecule has 2 rings (SSSR count). The summed E-state index contributed by atoms with van der Waals surface area (Å²) in [5.74, 6) is 0.275. The highest BCUT2D eigenvalue weighted by Crippen LogP contribution is 2.21. The van der Waals surface area contributed by atoms with Crippen molar-refractivity contribution >= 4 is 17.3 Å². The highest BCUT2D eigenvalue weighted by molar-refractivity contribution is 6.30. The van der Waals surface area contributed by atoms with Gasteiger partial charge in [-0.2, -0.15) is 0 Å². The molecule has 0 aromatic heterocycles. The number of hydrogen-bond acceptors (Lipinski definition) is 3. The zero-order chi connectivity index (χ0) is 13.8. The fraction of sp³-hybridized carbons (Fsp3) is 0.200. The highest BCUT2D eigenvalue weighted by atomic mass is 35.5. The van der Waals surface area contributed by atoms with Gasteiger partial charge in [-0.25, -0.2) is 0 Å². The summed E-state index contributed by atoms with van der Waals surface area (Å²) < 4.78 is 0. The molecule has 0 radical (unpaired) electrons. The lowest BCUT2D eigenvalue weighted by atomic mass is 10.1. The number of phenolic OH excluding ortho intramolecular Hbond substituents is 1. The normalized spacial score (nSPS) is 10.9. The number of aromatic hydroxyl groups is 1. The summed E-state index contributed by atoms with van der Waals surface area (Å²) in [6, 6.07) is 12.9. The minimum atomic E-state index is 0.275. The summed E-state index contributed by atoms with van der Waals surface area (Å²) in [7, 11) is 2.00. The number of rotatable bonds is 4. The van der Waals surface area contributed by atoms with E-state index in [9.17, 15) is 5.11 Å². The Morgan fingerprint density at radius 1 is 1.11 bits per heavy atom. The van der Waals surface area contributed by atoms with E-state index >= 15 is 0 Å². The topological polar surface area (TPSA) is 49.5 Å². The molecule has 0 aliphatic rings. The van der Waals surface area contributed by atoms with E-state index in [1.165, 1.54) is 5.56 Å². The van der Waals surface area contributed by atoms with Crippen molar-refractivity contribution in [2.45, 2.75) is 13.1 Å². The van der Waals surface area contributed by atoms with Crippen molar-refractivity contribution in [3.8, 4) is 5.75 Å². The maximum atomic E-state index is 9.79. The minimum absolute atomic E-state index is 0.275. The zero-order valence-corrected chi connectivity index (χ0v) is 11.6. The molecule has 0 saturated heterocycles. The third-order valence-corrected chi connectivity index (χ3v) is 3.16. The van der Waals surface area contributed by atoms with E-state index in [1.54, 1.807) is 18.2 Å². The second kappa shape index (κ2) is 5.95. The highest BCUT2D eigenvalue weighted by Gasteiger charge is 2.06. The fourth-order valence-electron chi connectivity index (χ4n) is 1.98. The molecule has 3 N–H and O–H groups in total. The molecule has 0 unspecified atom stereocenters. The van der Waals surface area contributed by atoms with Crippen molar-refractivity contribution in [2.75, 3.05) is 12.8 Å². The molecular formula is C15H17ClN2O. The van der Waals surface area contributed by atoms with E-state index in [1.807, 2.05) is 31.3 Å². The first-order valence-electron chi connectivity index (χ1n) is 6.05. The minimum Gasteiger partial charge on any atom is -0.508 e. The lowest BCUT2D eigenvalue weighted by Gasteiger charge is -2.18. The van der Waals surface area contributed by atoms with Crippen LogP contribution in [0.1, 0.15) is 11.1 Å². The van der Waals surface area contributed by atoms with Gasteiger partial charge in [-0.3, -0.25) is 4.90 Å². The average Bonchev–Trinajstić information content (AvgIpc) is 2.37. The van der Waals surface area contributed by atoms with Gasteiger partial charge in [0.05, 0.1) is 0 Å². The molecule has 2 aromatic rings. The molecule has 0 fully saturated rings. The Balaban J connectivity index is 2.02. The lowest BCUT2D eigenvalue weighted by Crippen LogP contribution is -2.17. The number of anilines is 1. The van der Waals surface area contributed by atoms with Gasteiger partial charge in [0.25, 0.3) is 0 Å². The maximum absolute atomic E-state index is 9.79. The van der Waals surface area contributed by atoms with Crippen molar-refractivity contribution in [3.63, 3.8) is 0 Å².